The van der Waals surface area contributed by atoms with Crippen LogP contribution in [-0.4, -0.2) is 37.2 Å². The van der Waals surface area contributed by atoms with Crippen molar-refractivity contribution in [2.75, 3.05) is 41.3 Å². The molecule has 200 valence electrons. The van der Waals surface area contributed by atoms with Crippen molar-refractivity contribution in [3.05, 3.63) is 101 Å². The number of fused-ring (bicyclic) bond motifs is 1. The fraction of sp³-hybridized carbons (Fsp3) is 0.143. The molecule has 4 aromatic carbocycles. The minimum absolute atomic E-state index is 0.0588. The van der Waals surface area contributed by atoms with Crippen molar-refractivity contribution in [2.24, 2.45) is 0 Å². The van der Waals surface area contributed by atoms with Crippen LogP contribution < -0.4 is 20.4 Å². The number of halogens is 5. The normalized spacial score (nSPS) is 13.5. The standard InChI is InChI=1S/C28H21F5N4OS/c29-21-22(30)24(32)26(25(33)23(21)31)37-13-11-36(12-14-37)20-9-7-19(8-10-20)34-28(39)35-27(38)18-6-5-16-3-1-2-4-17(16)15-18/h1-10,15H,11-14H2,(H2,34,35,38,39). The van der Waals surface area contributed by atoms with Crippen molar-refractivity contribution in [1.82, 2.24) is 5.32 Å². The first kappa shape index (κ1) is 26.4. The molecule has 0 saturated carbocycles. The van der Waals surface area contributed by atoms with E-state index in [0.29, 0.717) is 24.3 Å². The van der Waals surface area contributed by atoms with Crippen LogP contribution in [0.4, 0.5) is 39.0 Å². The fourth-order valence-electron chi connectivity index (χ4n) is 4.48. The Bertz CT molecular complexity index is 1540. The summed E-state index contributed by atoms with van der Waals surface area (Å²) in [5, 5.41) is 7.69. The second kappa shape index (κ2) is 10.9. The summed E-state index contributed by atoms with van der Waals surface area (Å²) in [6.07, 6.45) is 0. The molecule has 1 fully saturated rings. The number of hydrogen-bond acceptors (Lipinski definition) is 4. The van der Waals surface area contributed by atoms with Crippen molar-refractivity contribution in [2.45, 2.75) is 0 Å². The van der Waals surface area contributed by atoms with Gasteiger partial charge < -0.3 is 15.1 Å². The first-order valence-electron chi connectivity index (χ1n) is 12.0. The molecule has 0 atom stereocenters. The predicted molar refractivity (Wildman–Crippen MR) is 145 cm³/mol. The summed E-state index contributed by atoms with van der Waals surface area (Å²) in [5.74, 6) is -10.1. The number of nitrogens with one attached hydrogen (secondary N) is 2. The number of amides is 1. The van der Waals surface area contributed by atoms with Gasteiger partial charge in [0.1, 0.15) is 5.69 Å². The average molecular weight is 557 g/mol. The molecular weight excluding hydrogens is 535 g/mol. The van der Waals surface area contributed by atoms with Crippen LogP contribution in [0.5, 0.6) is 0 Å². The topological polar surface area (TPSA) is 47.6 Å². The fourth-order valence-corrected chi connectivity index (χ4v) is 4.69. The molecule has 1 amide bonds. The summed E-state index contributed by atoms with van der Waals surface area (Å²) in [6.45, 7) is 0.714. The van der Waals surface area contributed by atoms with Gasteiger partial charge in [0.2, 0.25) is 5.82 Å². The molecule has 2 N–H and O–H groups in total. The third kappa shape index (κ3) is 5.35. The van der Waals surface area contributed by atoms with Crippen LogP contribution >= 0.6 is 12.2 Å². The summed E-state index contributed by atoms with van der Waals surface area (Å²) in [5.41, 5.74) is 0.981. The Labute approximate surface area is 225 Å². The second-order valence-electron chi connectivity index (χ2n) is 8.91. The molecule has 0 aliphatic carbocycles. The van der Waals surface area contributed by atoms with Gasteiger partial charge in [-0.1, -0.05) is 30.3 Å². The summed E-state index contributed by atoms with van der Waals surface area (Å²) >= 11 is 5.28. The molecule has 11 heteroatoms. The highest BCUT2D eigenvalue weighted by Crippen LogP contribution is 2.31. The van der Waals surface area contributed by atoms with E-state index in [9.17, 15) is 26.7 Å². The van der Waals surface area contributed by atoms with Crippen molar-refractivity contribution in [3.8, 4) is 0 Å². The third-order valence-corrected chi connectivity index (χ3v) is 6.72. The van der Waals surface area contributed by atoms with Crippen LogP contribution in [0.3, 0.4) is 0 Å². The predicted octanol–water partition coefficient (Wildman–Crippen LogP) is 5.99. The molecule has 4 aromatic rings. The van der Waals surface area contributed by atoms with Crippen LogP contribution in [0.15, 0.2) is 66.7 Å². The van der Waals surface area contributed by atoms with Crippen molar-refractivity contribution in [3.63, 3.8) is 0 Å². The molecule has 1 aliphatic heterocycles. The number of carbonyl (C=O) groups excluding carboxylic acids is 1. The second-order valence-corrected chi connectivity index (χ2v) is 9.32. The van der Waals surface area contributed by atoms with Gasteiger partial charge in [-0.25, -0.2) is 22.0 Å². The molecule has 0 aromatic heterocycles. The van der Waals surface area contributed by atoms with E-state index < -0.39 is 34.8 Å². The Balaban J connectivity index is 1.18. The van der Waals surface area contributed by atoms with Crippen molar-refractivity contribution >= 4 is 51.1 Å². The Hall–Kier alpha value is -4.25. The minimum Gasteiger partial charge on any atom is -0.368 e. The Kier molecular flexibility index (Phi) is 7.34. The van der Waals surface area contributed by atoms with Gasteiger partial charge in [-0.3, -0.25) is 10.1 Å². The molecule has 39 heavy (non-hydrogen) atoms. The average Bonchev–Trinajstić information content (AvgIpc) is 2.95. The maximum atomic E-state index is 14.2. The summed E-state index contributed by atoms with van der Waals surface area (Å²) in [7, 11) is 0. The molecule has 0 radical (unpaired) electrons. The lowest BCUT2D eigenvalue weighted by atomic mass is 10.1. The Morgan fingerprint density at radius 3 is 1.90 bits per heavy atom. The van der Waals surface area contributed by atoms with E-state index in [2.05, 4.69) is 10.6 Å². The lowest BCUT2D eigenvalue weighted by Gasteiger charge is -2.37. The quantitative estimate of drug-likeness (QED) is 0.140. The van der Waals surface area contributed by atoms with Gasteiger partial charge in [0.05, 0.1) is 0 Å². The zero-order valence-electron chi connectivity index (χ0n) is 20.3. The molecular formula is C28H21F5N4OS. The molecule has 0 bridgehead atoms. The number of carbonyl (C=O) groups is 1. The lowest BCUT2D eigenvalue weighted by Crippen LogP contribution is -2.47. The molecule has 0 spiro atoms. The van der Waals surface area contributed by atoms with Crippen LogP contribution in [0, 0.1) is 29.1 Å². The maximum Gasteiger partial charge on any atom is 0.257 e. The van der Waals surface area contributed by atoms with E-state index in [0.717, 1.165) is 21.4 Å². The first-order valence-corrected chi connectivity index (χ1v) is 12.4. The molecule has 1 heterocycles. The van der Waals surface area contributed by atoms with E-state index in [1.54, 1.807) is 36.4 Å². The number of anilines is 3. The minimum atomic E-state index is -2.17. The Morgan fingerprint density at radius 1 is 0.692 bits per heavy atom. The highest BCUT2D eigenvalue weighted by molar-refractivity contribution is 7.80. The van der Waals surface area contributed by atoms with Crippen LogP contribution in [-0.2, 0) is 0 Å². The van der Waals surface area contributed by atoms with Gasteiger partial charge in [-0.2, -0.15) is 0 Å². The highest BCUT2D eigenvalue weighted by atomic mass is 32.1. The summed E-state index contributed by atoms with van der Waals surface area (Å²) in [6, 6.07) is 20.2. The van der Waals surface area contributed by atoms with Crippen molar-refractivity contribution in [1.29, 1.82) is 0 Å². The number of piperazine rings is 1. The van der Waals surface area contributed by atoms with E-state index in [-0.39, 0.29) is 24.1 Å². The van der Waals surface area contributed by atoms with Gasteiger partial charge in [0.25, 0.3) is 5.91 Å². The van der Waals surface area contributed by atoms with Gasteiger partial charge >= 0.3 is 0 Å². The zero-order valence-corrected chi connectivity index (χ0v) is 21.1. The highest BCUT2D eigenvalue weighted by Gasteiger charge is 2.30. The number of benzene rings is 4. The first-order chi connectivity index (χ1) is 18.7. The maximum absolute atomic E-state index is 14.2. The van der Waals surface area contributed by atoms with Crippen LogP contribution in [0.2, 0.25) is 0 Å². The number of thiocarbonyl (C=S) groups is 1. The van der Waals surface area contributed by atoms with E-state index >= 15 is 0 Å². The third-order valence-electron chi connectivity index (χ3n) is 6.51. The monoisotopic (exact) mass is 556 g/mol. The molecule has 1 aliphatic rings. The summed E-state index contributed by atoms with van der Waals surface area (Å²) in [4.78, 5) is 15.7. The number of nitrogens with zero attached hydrogens (tertiary/aromatic N) is 2. The van der Waals surface area contributed by atoms with Crippen molar-refractivity contribution < 1.29 is 26.7 Å². The van der Waals surface area contributed by atoms with Crippen LogP contribution in [0.25, 0.3) is 10.8 Å². The zero-order chi connectivity index (χ0) is 27.7. The lowest BCUT2D eigenvalue weighted by molar-refractivity contribution is 0.0978. The van der Waals surface area contributed by atoms with E-state index in [4.69, 9.17) is 12.2 Å². The Morgan fingerprint density at radius 2 is 1.26 bits per heavy atom. The van der Waals surface area contributed by atoms with Gasteiger partial charge in [0.15, 0.2) is 28.4 Å². The van der Waals surface area contributed by atoms with Gasteiger partial charge in [-0.15, -0.1) is 0 Å². The van der Waals surface area contributed by atoms with Gasteiger partial charge in [-0.05, 0) is 59.4 Å². The van der Waals surface area contributed by atoms with E-state index in [1.165, 1.54) is 0 Å². The van der Waals surface area contributed by atoms with Gasteiger partial charge in [0, 0.05) is 43.1 Å². The molecule has 0 unspecified atom stereocenters. The van der Waals surface area contributed by atoms with Crippen LogP contribution in [0.1, 0.15) is 10.4 Å². The smallest absolute Gasteiger partial charge is 0.257 e. The number of rotatable bonds is 4. The van der Waals surface area contributed by atoms with E-state index in [1.807, 2.05) is 35.2 Å². The molecule has 5 nitrogen and oxygen atoms in total. The molecule has 1 saturated heterocycles. The SMILES string of the molecule is O=C(NC(=S)Nc1ccc(N2CCN(c3c(F)c(F)c(F)c(F)c3F)CC2)cc1)c1ccc2ccccc2c1. The molecule has 5 rings (SSSR count). The summed E-state index contributed by atoms with van der Waals surface area (Å²) < 4.78 is 68.9. The number of hydrogen-bond donors (Lipinski definition) is 2. The largest absolute Gasteiger partial charge is 0.368 e.